The fraction of sp³-hybridized carbons (Fsp3) is 0.160. The number of carbonyl (C=O) groups is 1. The average Bonchev–Trinajstić information content (AvgIpc) is 3.38. The van der Waals surface area contributed by atoms with Crippen molar-refractivity contribution in [1.82, 2.24) is 4.98 Å². The van der Waals surface area contributed by atoms with Gasteiger partial charge in [-0.3, -0.25) is 5.32 Å². The van der Waals surface area contributed by atoms with E-state index in [4.69, 9.17) is 4.98 Å². The molecular formula is C25H22N3OS+. The maximum absolute atomic E-state index is 13.3. The van der Waals surface area contributed by atoms with Gasteiger partial charge in [0.25, 0.3) is 0 Å². The van der Waals surface area contributed by atoms with E-state index in [1.54, 1.807) is 15.9 Å². The van der Waals surface area contributed by atoms with E-state index in [1.807, 2.05) is 48.0 Å². The number of anilines is 1. The molecule has 1 aliphatic heterocycles. The summed E-state index contributed by atoms with van der Waals surface area (Å²) in [5.74, 6) is 0.880. The summed E-state index contributed by atoms with van der Waals surface area (Å²) in [7, 11) is 0. The van der Waals surface area contributed by atoms with Crippen molar-refractivity contribution in [3.8, 4) is 11.3 Å². The van der Waals surface area contributed by atoms with Gasteiger partial charge in [-0.1, -0.05) is 60.2 Å². The molecule has 2 aromatic carbocycles. The Morgan fingerprint density at radius 2 is 1.93 bits per heavy atom. The summed E-state index contributed by atoms with van der Waals surface area (Å²) in [6.45, 7) is 2.07. The molecule has 0 radical (unpaired) electrons. The summed E-state index contributed by atoms with van der Waals surface area (Å²) < 4.78 is 1.77. The van der Waals surface area contributed by atoms with E-state index >= 15 is 0 Å². The van der Waals surface area contributed by atoms with Crippen LogP contribution >= 0.6 is 11.3 Å². The average molecular weight is 413 g/mol. The van der Waals surface area contributed by atoms with E-state index in [9.17, 15) is 4.79 Å². The highest BCUT2D eigenvalue weighted by Gasteiger charge is 2.41. The highest BCUT2D eigenvalue weighted by atomic mass is 32.1. The van der Waals surface area contributed by atoms with Gasteiger partial charge in [0.1, 0.15) is 17.6 Å². The second-order valence-corrected chi connectivity index (χ2v) is 8.67. The van der Waals surface area contributed by atoms with Crippen LogP contribution in [0, 0.1) is 6.92 Å². The van der Waals surface area contributed by atoms with Crippen LogP contribution in [0.2, 0.25) is 0 Å². The van der Waals surface area contributed by atoms with E-state index in [2.05, 4.69) is 42.6 Å². The Morgan fingerprint density at radius 3 is 2.70 bits per heavy atom. The van der Waals surface area contributed by atoms with Gasteiger partial charge in [-0.25, -0.2) is 9.78 Å². The Morgan fingerprint density at radius 1 is 1.07 bits per heavy atom. The van der Waals surface area contributed by atoms with Crippen LogP contribution in [0.5, 0.6) is 0 Å². The van der Waals surface area contributed by atoms with Gasteiger partial charge in [-0.2, -0.15) is 4.57 Å². The minimum absolute atomic E-state index is 0.0732. The summed E-state index contributed by atoms with van der Waals surface area (Å²) >= 11 is 1.68. The summed E-state index contributed by atoms with van der Waals surface area (Å²) in [4.78, 5) is 19.4. The van der Waals surface area contributed by atoms with Gasteiger partial charge in [0.05, 0.1) is 0 Å². The molecule has 0 spiro atoms. The first kappa shape index (κ1) is 18.7. The first-order valence-electron chi connectivity index (χ1n) is 10.1. The molecule has 0 saturated heterocycles. The van der Waals surface area contributed by atoms with Gasteiger partial charge in [0, 0.05) is 23.3 Å². The number of hydrogen-bond acceptors (Lipinski definition) is 4. The van der Waals surface area contributed by atoms with Crippen LogP contribution < -0.4 is 9.88 Å². The van der Waals surface area contributed by atoms with Gasteiger partial charge in [-0.05, 0) is 30.0 Å². The second kappa shape index (κ2) is 7.84. The number of rotatable bonds is 5. The van der Waals surface area contributed by atoms with Crippen LogP contribution in [-0.4, -0.2) is 16.9 Å². The van der Waals surface area contributed by atoms with E-state index < -0.39 is 0 Å². The number of aryl methyl sites for hydroxylation is 1. The molecule has 4 aromatic rings. The molecule has 5 rings (SSSR count). The minimum Gasteiger partial charge on any atom is -0.258 e. The number of hydrogen-bond donors (Lipinski definition) is 1. The van der Waals surface area contributed by atoms with Crippen molar-refractivity contribution in [2.75, 3.05) is 5.32 Å². The van der Waals surface area contributed by atoms with Crippen LogP contribution in [0.25, 0.3) is 11.3 Å². The van der Waals surface area contributed by atoms with Gasteiger partial charge in [0.15, 0.2) is 6.04 Å². The van der Waals surface area contributed by atoms with E-state index in [0.29, 0.717) is 12.8 Å². The van der Waals surface area contributed by atoms with E-state index in [1.165, 1.54) is 16.0 Å². The Labute approximate surface area is 179 Å². The zero-order valence-electron chi connectivity index (χ0n) is 16.7. The number of aromatic nitrogens is 2. The lowest BCUT2D eigenvalue weighted by Gasteiger charge is -2.07. The normalized spacial score (nSPS) is 15.1. The van der Waals surface area contributed by atoms with Crippen molar-refractivity contribution < 1.29 is 9.36 Å². The van der Waals surface area contributed by atoms with E-state index in [-0.39, 0.29) is 11.9 Å². The number of fused-ring (bicyclic) bond motifs is 1. The largest absolute Gasteiger partial charge is 0.359 e. The zero-order valence-corrected chi connectivity index (χ0v) is 17.5. The molecule has 0 fully saturated rings. The van der Waals surface area contributed by atoms with Crippen molar-refractivity contribution in [3.63, 3.8) is 0 Å². The van der Waals surface area contributed by atoms with Crippen molar-refractivity contribution in [1.29, 1.82) is 0 Å². The number of carbonyl (C=O) groups excluding carboxylic acids is 1. The van der Waals surface area contributed by atoms with Crippen LogP contribution in [-0.2, 0) is 12.8 Å². The quantitative estimate of drug-likeness (QED) is 0.485. The van der Waals surface area contributed by atoms with Crippen molar-refractivity contribution in [2.45, 2.75) is 25.8 Å². The van der Waals surface area contributed by atoms with Crippen LogP contribution in [0.15, 0.2) is 78.3 Å². The van der Waals surface area contributed by atoms with Gasteiger partial charge in [0.2, 0.25) is 0 Å². The molecule has 2 aromatic heterocycles. The fourth-order valence-electron chi connectivity index (χ4n) is 3.90. The summed E-state index contributed by atoms with van der Waals surface area (Å²) in [5.41, 5.74) is 5.08. The smallest absolute Gasteiger partial charge is 0.258 e. The molecule has 0 aliphatic carbocycles. The van der Waals surface area contributed by atoms with Gasteiger partial charge in [-0.15, -0.1) is 11.3 Å². The second-order valence-electron chi connectivity index (χ2n) is 7.64. The lowest BCUT2D eigenvalue weighted by molar-refractivity contribution is -0.552. The molecule has 3 heterocycles. The number of benzene rings is 2. The molecule has 0 bridgehead atoms. The lowest BCUT2D eigenvalue weighted by atomic mass is 10.1. The molecule has 1 unspecified atom stereocenters. The fourth-order valence-corrected chi connectivity index (χ4v) is 4.65. The predicted octanol–water partition coefficient (Wildman–Crippen LogP) is 4.67. The Hall–Kier alpha value is -3.31. The molecule has 0 saturated carbocycles. The summed E-state index contributed by atoms with van der Waals surface area (Å²) in [6.07, 6.45) is 3.23. The zero-order chi connectivity index (χ0) is 20.5. The lowest BCUT2D eigenvalue weighted by Crippen LogP contribution is -2.44. The van der Waals surface area contributed by atoms with Gasteiger partial charge < -0.3 is 0 Å². The number of thiophene rings is 1. The third kappa shape index (κ3) is 3.64. The SMILES string of the molecule is Cc1cccc(-c2c[n+]3c(c(Cc4ccccc4)n2)NC(Cc2cccs2)C3=O)c1. The Balaban J connectivity index is 1.57. The van der Waals surface area contributed by atoms with Gasteiger partial charge >= 0.3 is 11.7 Å². The maximum Gasteiger partial charge on any atom is 0.359 e. The maximum atomic E-state index is 13.3. The molecular weight excluding hydrogens is 390 g/mol. The molecule has 1 atom stereocenters. The number of nitrogens with one attached hydrogen (secondary N) is 1. The third-order valence-corrected chi connectivity index (χ3v) is 6.28. The molecule has 1 N–H and O–H groups in total. The summed E-state index contributed by atoms with van der Waals surface area (Å²) in [5, 5.41) is 5.51. The Bertz CT molecular complexity index is 1200. The van der Waals surface area contributed by atoms with Crippen molar-refractivity contribution in [2.24, 2.45) is 0 Å². The first-order chi connectivity index (χ1) is 14.7. The standard InChI is InChI=1S/C25H21N3OS/c1-17-7-5-10-19(13-17)23-16-28-24(21(26-23)14-18-8-3-2-4-9-18)27-22(25(28)29)15-20-11-6-12-30-20/h2-13,16,22H,14-15H2,1H3/p+1. The number of nitrogens with zero attached hydrogens (tertiary/aromatic N) is 2. The molecule has 0 amide bonds. The van der Waals surface area contributed by atoms with Crippen LogP contribution in [0.4, 0.5) is 5.82 Å². The topological polar surface area (TPSA) is 45.9 Å². The first-order valence-corrected chi connectivity index (χ1v) is 10.9. The van der Waals surface area contributed by atoms with Crippen LogP contribution in [0.1, 0.15) is 26.5 Å². The van der Waals surface area contributed by atoms with Crippen molar-refractivity contribution in [3.05, 3.63) is 100 Å². The molecule has 1 aliphatic rings. The molecule has 30 heavy (non-hydrogen) atoms. The summed E-state index contributed by atoms with van der Waals surface area (Å²) in [6, 6.07) is 22.4. The monoisotopic (exact) mass is 412 g/mol. The Kier molecular flexibility index (Phi) is 4.89. The molecule has 4 nitrogen and oxygen atoms in total. The third-order valence-electron chi connectivity index (χ3n) is 5.38. The highest BCUT2D eigenvalue weighted by molar-refractivity contribution is 7.09. The van der Waals surface area contributed by atoms with E-state index in [0.717, 1.165) is 22.8 Å². The van der Waals surface area contributed by atoms with Crippen molar-refractivity contribution >= 4 is 23.1 Å². The highest BCUT2D eigenvalue weighted by Crippen LogP contribution is 2.25. The molecule has 148 valence electrons. The minimum atomic E-state index is -0.271. The van der Waals surface area contributed by atoms with Crippen LogP contribution in [0.3, 0.4) is 0 Å². The predicted molar refractivity (Wildman–Crippen MR) is 120 cm³/mol. The molecule has 5 heteroatoms.